The summed E-state index contributed by atoms with van der Waals surface area (Å²) in [6, 6.07) is 4.97. The van der Waals surface area contributed by atoms with Gasteiger partial charge < -0.3 is 26.2 Å². The van der Waals surface area contributed by atoms with Gasteiger partial charge in [0.05, 0.1) is 23.5 Å². The molecule has 0 bridgehead atoms. The van der Waals surface area contributed by atoms with Crippen LogP contribution in [0.1, 0.15) is 10.4 Å². The van der Waals surface area contributed by atoms with E-state index in [2.05, 4.69) is 5.32 Å². The summed E-state index contributed by atoms with van der Waals surface area (Å²) in [6.07, 6.45) is -1.60. The Hall–Kier alpha value is -1.79. The average molecular weight is 251 g/mol. The molecule has 1 aromatic rings. The van der Waals surface area contributed by atoms with Gasteiger partial charge in [0, 0.05) is 25.8 Å². The number of carbonyl (C=O) groups excluding carboxylic acids is 1. The van der Waals surface area contributed by atoms with E-state index in [9.17, 15) is 15.0 Å². The zero-order valence-corrected chi connectivity index (χ0v) is 10.1. The molecular formula is C12H17N3O3. The lowest BCUT2D eigenvalue weighted by molar-refractivity contribution is 0.0572. The van der Waals surface area contributed by atoms with Crippen molar-refractivity contribution in [2.24, 2.45) is 0 Å². The number of β-amino-alcohol motifs (C(OH)–C–C–N with tert-alkyl or cyclic N) is 2. The van der Waals surface area contributed by atoms with Gasteiger partial charge >= 0.3 is 0 Å². The SMILES string of the molecule is CNC(=O)c1ccc(N)cc1N1CC(O)C(O)C1. The van der Waals surface area contributed by atoms with Crippen LogP contribution < -0.4 is 16.0 Å². The van der Waals surface area contributed by atoms with Gasteiger partial charge in [0.2, 0.25) is 0 Å². The quantitative estimate of drug-likeness (QED) is 0.514. The number of amides is 1. The third-order valence-corrected chi connectivity index (χ3v) is 3.09. The number of anilines is 2. The Kier molecular flexibility index (Phi) is 3.40. The third kappa shape index (κ3) is 2.25. The van der Waals surface area contributed by atoms with Gasteiger partial charge in [-0.25, -0.2) is 0 Å². The highest BCUT2D eigenvalue weighted by molar-refractivity contribution is 6.00. The minimum atomic E-state index is -0.802. The number of nitrogens with two attached hydrogens (primary N) is 1. The van der Waals surface area contributed by atoms with Gasteiger partial charge in [-0.15, -0.1) is 0 Å². The molecule has 1 aliphatic rings. The van der Waals surface area contributed by atoms with Gasteiger partial charge in [0.25, 0.3) is 5.91 Å². The number of nitrogens with one attached hydrogen (secondary N) is 1. The van der Waals surface area contributed by atoms with Crippen LogP contribution in [0.15, 0.2) is 18.2 Å². The van der Waals surface area contributed by atoms with Crippen molar-refractivity contribution in [1.82, 2.24) is 5.32 Å². The second-order valence-corrected chi connectivity index (χ2v) is 4.40. The van der Waals surface area contributed by atoms with Crippen molar-refractivity contribution in [1.29, 1.82) is 0 Å². The number of carbonyl (C=O) groups is 1. The van der Waals surface area contributed by atoms with Crippen molar-refractivity contribution in [2.45, 2.75) is 12.2 Å². The molecule has 98 valence electrons. The fourth-order valence-electron chi connectivity index (χ4n) is 2.10. The average Bonchev–Trinajstić information content (AvgIpc) is 2.68. The van der Waals surface area contributed by atoms with Crippen LogP contribution in [0, 0.1) is 0 Å². The molecule has 0 aromatic heterocycles. The summed E-state index contributed by atoms with van der Waals surface area (Å²) in [4.78, 5) is 13.5. The third-order valence-electron chi connectivity index (χ3n) is 3.09. The molecule has 5 N–H and O–H groups in total. The Morgan fingerprint density at radius 1 is 1.39 bits per heavy atom. The molecule has 1 heterocycles. The standard InChI is InChI=1S/C12H17N3O3/c1-14-12(18)8-3-2-7(13)4-9(8)15-5-10(16)11(17)6-15/h2-4,10-11,16-17H,5-6,13H2,1H3,(H,14,18). The van der Waals surface area contributed by atoms with Crippen LogP contribution in [0.5, 0.6) is 0 Å². The Balaban J connectivity index is 2.37. The Morgan fingerprint density at radius 3 is 2.56 bits per heavy atom. The van der Waals surface area contributed by atoms with E-state index in [1.807, 2.05) is 0 Å². The van der Waals surface area contributed by atoms with Crippen LogP contribution in [0.4, 0.5) is 11.4 Å². The molecule has 18 heavy (non-hydrogen) atoms. The van der Waals surface area contributed by atoms with Gasteiger partial charge in [-0.1, -0.05) is 0 Å². The number of aliphatic hydroxyl groups excluding tert-OH is 2. The zero-order chi connectivity index (χ0) is 13.3. The maximum Gasteiger partial charge on any atom is 0.253 e. The van der Waals surface area contributed by atoms with Crippen molar-refractivity contribution < 1.29 is 15.0 Å². The number of hydrogen-bond acceptors (Lipinski definition) is 5. The summed E-state index contributed by atoms with van der Waals surface area (Å²) in [5, 5.41) is 21.7. The van der Waals surface area contributed by atoms with E-state index in [-0.39, 0.29) is 19.0 Å². The first kappa shape index (κ1) is 12.7. The summed E-state index contributed by atoms with van der Waals surface area (Å²) in [7, 11) is 1.55. The second-order valence-electron chi connectivity index (χ2n) is 4.40. The molecule has 0 spiro atoms. The normalized spacial score (nSPS) is 23.2. The molecule has 0 saturated carbocycles. The van der Waals surface area contributed by atoms with Crippen molar-refractivity contribution in [3.05, 3.63) is 23.8 Å². The van der Waals surface area contributed by atoms with Crippen LogP contribution in [0.2, 0.25) is 0 Å². The van der Waals surface area contributed by atoms with Crippen LogP contribution >= 0.6 is 0 Å². The summed E-state index contributed by atoms with van der Waals surface area (Å²) in [5.74, 6) is -0.221. The first-order valence-corrected chi connectivity index (χ1v) is 5.75. The fourth-order valence-corrected chi connectivity index (χ4v) is 2.10. The highest BCUT2D eigenvalue weighted by atomic mass is 16.3. The Labute approximate surface area is 105 Å². The van der Waals surface area contributed by atoms with E-state index >= 15 is 0 Å². The second kappa shape index (κ2) is 4.83. The zero-order valence-electron chi connectivity index (χ0n) is 10.1. The summed E-state index contributed by atoms with van der Waals surface area (Å²) in [5.41, 5.74) is 7.37. The summed E-state index contributed by atoms with van der Waals surface area (Å²) in [6.45, 7) is 0.573. The van der Waals surface area contributed by atoms with E-state index in [4.69, 9.17) is 5.73 Å². The predicted octanol–water partition coefficient (Wildman–Crippen LogP) is -0.830. The fraction of sp³-hybridized carbons (Fsp3) is 0.417. The van der Waals surface area contributed by atoms with Crippen LogP contribution in [-0.4, -0.2) is 48.5 Å². The highest BCUT2D eigenvalue weighted by Gasteiger charge is 2.31. The lowest BCUT2D eigenvalue weighted by atomic mass is 10.1. The molecule has 1 aliphatic heterocycles. The first-order chi connectivity index (χ1) is 8.52. The van der Waals surface area contributed by atoms with E-state index in [0.717, 1.165) is 0 Å². The molecule has 1 amide bonds. The molecule has 6 nitrogen and oxygen atoms in total. The van der Waals surface area contributed by atoms with Gasteiger partial charge in [0.15, 0.2) is 0 Å². The van der Waals surface area contributed by atoms with Gasteiger partial charge in [-0.2, -0.15) is 0 Å². The maximum atomic E-state index is 11.8. The Morgan fingerprint density at radius 2 is 2.00 bits per heavy atom. The van der Waals surface area contributed by atoms with Crippen LogP contribution in [-0.2, 0) is 0 Å². The van der Waals surface area contributed by atoms with Crippen LogP contribution in [0.3, 0.4) is 0 Å². The summed E-state index contributed by atoms with van der Waals surface area (Å²) < 4.78 is 0. The molecule has 2 rings (SSSR count). The van der Waals surface area contributed by atoms with E-state index < -0.39 is 12.2 Å². The molecule has 2 atom stereocenters. The van der Waals surface area contributed by atoms with Crippen molar-refractivity contribution >= 4 is 17.3 Å². The number of rotatable bonds is 2. The molecule has 6 heteroatoms. The number of hydrogen-bond donors (Lipinski definition) is 4. The van der Waals surface area contributed by atoms with E-state index in [1.54, 1.807) is 30.1 Å². The number of nitrogen functional groups attached to an aromatic ring is 1. The molecule has 1 aromatic carbocycles. The molecule has 1 saturated heterocycles. The topological polar surface area (TPSA) is 98.8 Å². The van der Waals surface area contributed by atoms with E-state index in [1.165, 1.54) is 0 Å². The van der Waals surface area contributed by atoms with Gasteiger partial charge in [-0.3, -0.25) is 4.79 Å². The minimum absolute atomic E-state index is 0.221. The molecule has 0 aliphatic carbocycles. The van der Waals surface area contributed by atoms with Crippen molar-refractivity contribution in [3.8, 4) is 0 Å². The van der Waals surface area contributed by atoms with Gasteiger partial charge in [-0.05, 0) is 18.2 Å². The molecule has 2 unspecified atom stereocenters. The van der Waals surface area contributed by atoms with E-state index in [0.29, 0.717) is 16.9 Å². The molecule has 0 radical (unpaired) electrons. The maximum absolute atomic E-state index is 11.8. The Bertz CT molecular complexity index is 454. The minimum Gasteiger partial charge on any atom is -0.399 e. The molecular weight excluding hydrogens is 234 g/mol. The number of nitrogens with zero attached hydrogens (tertiary/aromatic N) is 1. The van der Waals surface area contributed by atoms with Crippen molar-refractivity contribution in [2.75, 3.05) is 30.8 Å². The predicted molar refractivity (Wildman–Crippen MR) is 68.5 cm³/mol. The van der Waals surface area contributed by atoms with Crippen molar-refractivity contribution in [3.63, 3.8) is 0 Å². The number of aliphatic hydroxyl groups is 2. The highest BCUT2D eigenvalue weighted by Crippen LogP contribution is 2.27. The monoisotopic (exact) mass is 251 g/mol. The lowest BCUT2D eigenvalue weighted by Crippen LogP contribution is -2.26. The van der Waals surface area contributed by atoms with Crippen LogP contribution in [0.25, 0.3) is 0 Å². The number of benzene rings is 1. The summed E-state index contributed by atoms with van der Waals surface area (Å²) >= 11 is 0. The van der Waals surface area contributed by atoms with Gasteiger partial charge in [0.1, 0.15) is 0 Å². The smallest absolute Gasteiger partial charge is 0.253 e. The largest absolute Gasteiger partial charge is 0.399 e. The lowest BCUT2D eigenvalue weighted by Gasteiger charge is -2.21. The first-order valence-electron chi connectivity index (χ1n) is 5.75. The molecule has 1 fully saturated rings.